The molecule has 2 rings (SSSR count). The number of aromatic nitrogens is 1. The number of hydrogen-bond acceptors (Lipinski definition) is 3. The van der Waals surface area contributed by atoms with Gasteiger partial charge in [-0.3, -0.25) is 9.69 Å². The van der Waals surface area contributed by atoms with Crippen LogP contribution in [0.3, 0.4) is 0 Å². The first kappa shape index (κ1) is 13.1. The highest BCUT2D eigenvalue weighted by atomic mass is 16.4. The summed E-state index contributed by atoms with van der Waals surface area (Å²) < 4.78 is 5.61. The summed E-state index contributed by atoms with van der Waals surface area (Å²) >= 11 is 0. The van der Waals surface area contributed by atoms with E-state index in [0.29, 0.717) is 12.6 Å². The number of aryl methyl sites for hydroxylation is 2. The first-order valence-corrected chi connectivity index (χ1v) is 6.89. The molecule has 100 valence electrons. The second kappa shape index (κ2) is 5.55. The molecule has 0 spiro atoms. The predicted octanol–water partition coefficient (Wildman–Crippen LogP) is 3.22. The quantitative estimate of drug-likeness (QED) is 0.806. The molecule has 1 fully saturated rings. The lowest BCUT2D eigenvalue weighted by atomic mass is 9.84. The highest BCUT2D eigenvalue weighted by Gasteiger charge is 2.32. The molecule has 0 atom stereocenters. The minimum atomic E-state index is 0.189. The van der Waals surface area contributed by atoms with Gasteiger partial charge in [-0.05, 0) is 33.1 Å². The number of carbonyl (C=O) groups is 1. The molecule has 1 aromatic heterocycles. The van der Waals surface area contributed by atoms with Gasteiger partial charge in [-0.1, -0.05) is 19.8 Å². The lowest BCUT2D eigenvalue weighted by molar-refractivity contribution is -0.124. The van der Waals surface area contributed by atoms with Gasteiger partial charge in [0.1, 0.15) is 5.76 Å². The number of rotatable bonds is 5. The van der Waals surface area contributed by atoms with Crippen LogP contribution in [0.15, 0.2) is 4.42 Å². The van der Waals surface area contributed by atoms with E-state index >= 15 is 0 Å². The Morgan fingerprint density at radius 1 is 1.44 bits per heavy atom. The third kappa shape index (κ3) is 2.57. The van der Waals surface area contributed by atoms with E-state index in [9.17, 15) is 4.79 Å². The lowest BCUT2D eigenvalue weighted by Crippen LogP contribution is -2.39. The van der Waals surface area contributed by atoms with Gasteiger partial charge in [0, 0.05) is 12.5 Å². The van der Waals surface area contributed by atoms with Crippen molar-refractivity contribution in [3.8, 4) is 0 Å². The van der Waals surface area contributed by atoms with Gasteiger partial charge in [-0.2, -0.15) is 4.98 Å². The molecule has 1 aliphatic rings. The number of carbonyl (C=O) groups excluding carboxylic acids is 1. The smallest absolute Gasteiger partial charge is 0.304 e. The van der Waals surface area contributed by atoms with Crippen LogP contribution in [0.4, 0.5) is 6.01 Å². The van der Waals surface area contributed by atoms with Crippen LogP contribution in [0, 0.1) is 19.8 Å². The van der Waals surface area contributed by atoms with Crippen molar-refractivity contribution < 1.29 is 9.21 Å². The molecule has 0 aromatic carbocycles. The zero-order valence-corrected chi connectivity index (χ0v) is 11.5. The van der Waals surface area contributed by atoms with Crippen LogP contribution in [0.2, 0.25) is 0 Å². The topological polar surface area (TPSA) is 46.3 Å². The van der Waals surface area contributed by atoms with Gasteiger partial charge < -0.3 is 4.42 Å². The Labute approximate surface area is 108 Å². The van der Waals surface area contributed by atoms with E-state index < -0.39 is 0 Å². The molecule has 0 radical (unpaired) electrons. The molecule has 1 saturated carbocycles. The zero-order chi connectivity index (χ0) is 13.1. The predicted molar refractivity (Wildman–Crippen MR) is 70.6 cm³/mol. The number of anilines is 1. The maximum Gasteiger partial charge on any atom is 0.304 e. The Morgan fingerprint density at radius 2 is 2.17 bits per heavy atom. The first-order chi connectivity index (χ1) is 8.63. The second-order valence-electron chi connectivity index (χ2n) is 5.11. The Hall–Kier alpha value is -1.32. The summed E-state index contributed by atoms with van der Waals surface area (Å²) in [5, 5.41) is 0. The van der Waals surface area contributed by atoms with Crippen LogP contribution >= 0.6 is 0 Å². The Balaban J connectivity index is 2.15. The van der Waals surface area contributed by atoms with Crippen molar-refractivity contribution in [1.29, 1.82) is 0 Å². The molecule has 1 amide bonds. The summed E-state index contributed by atoms with van der Waals surface area (Å²) in [6.07, 6.45) is 5.24. The van der Waals surface area contributed by atoms with E-state index in [4.69, 9.17) is 4.42 Å². The summed E-state index contributed by atoms with van der Waals surface area (Å²) in [4.78, 5) is 18.5. The van der Waals surface area contributed by atoms with E-state index in [2.05, 4.69) is 11.9 Å². The fourth-order valence-corrected chi connectivity index (χ4v) is 2.06. The highest BCUT2D eigenvalue weighted by Crippen LogP contribution is 2.30. The zero-order valence-electron chi connectivity index (χ0n) is 11.5. The number of amides is 1. The molecule has 0 aliphatic heterocycles. The van der Waals surface area contributed by atoms with Crippen molar-refractivity contribution in [3.05, 3.63) is 11.5 Å². The molecule has 1 aromatic rings. The molecule has 0 N–H and O–H groups in total. The molecule has 1 heterocycles. The monoisotopic (exact) mass is 250 g/mol. The Kier molecular flexibility index (Phi) is 4.04. The fourth-order valence-electron chi connectivity index (χ4n) is 2.06. The normalized spacial score (nSPS) is 15.5. The average molecular weight is 250 g/mol. The second-order valence-corrected chi connectivity index (χ2v) is 5.11. The Bertz CT molecular complexity index is 402. The standard InChI is InChI=1S/C14H22N2O2/c1-4-5-9-16(13(17)12-7-6-8-12)14-15-10(2)11(3)18-14/h12H,4-9H2,1-3H3. The highest BCUT2D eigenvalue weighted by molar-refractivity contribution is 5.93. The third-order valence-corrected chi connectivity index (χ3v) is 3.70. The number of nitrogens with zero attached hydrogens (tertiary/aromatic N) is 2. The van der Waals surface area contributed by atoms with Crippen molar-refractivity contribution in [3.63, 3.8) is 0 Å². The van der Waals surface area contributed by atoms with Crippen molar-refractivity contribution >= 4 is 11.9 Å². The summed E-state index contributed by atoms with van der Waals surface area (Å²) in [6, 6.07) is 0.482. The minimum absolute atomic E-state index is 0.189. The van der Waals surface area contributed by atoms with Crippen LogP contribution in [0.1, 0.15) is 50.5 Å². The summed E-state index contributed by atoms with van der Waals surface area (Å²) in [6.45, 7) is 6.63. The third-order valence-electron chi connectivity index (χ3n) is 3.70. The van der Waals surface area contributed by atoms with Gasteiger partial charge in [0.05, 0.1) is 5.69 Å². The van der Waals surface area contributed by atoms with E-state index in [-0.39, 0.29) is 11.8 Å². The van der Waals surface area contributed by atoms with Crippen LogP contribution < -0.4 is 4.90 Å². The fraction of sp³-hybridized carbons (Fsp3) is 0.714. The summed E-state index contributed by atoms with van der Waals surface area (Å²) in [5.74, 6) is 1.18. The minimum Gasteiger partial charge on any atom is -0.428 e. The van der Waals surface area contributed by atoms with Gasteiger partial charge in [0.25, 0.3) is 0 Å². The van der Waals surface area contributed by atoms with Crippen molar-refractivity contribution in [1.82, 2.24) is 4.98 Å². The van der Waals surface area contributed by atoms with Crippen molar-refractivity contribution in [2.75, 3.05) is 11.4 Å². The van der Waals surface area contributed by atoms with Crippen LogP contribution in [-0.4, -0.2) is 17.4 Å². The molecule has 4 heteroatoms. The van der Waals surface area contributed by atoms with Crippen LogP contribution in [0.25, 0.3) is 0 Å². The molecular formula is C14H22N2O2. The van der Waals surface area contributed by atoms with Gasteiger partial charge >= 0.3 is 6.01 Å². The number of hydrogen-bond donors (Lipinski definition) is 0. The van der Waals surface area contributed by atoms with Crippen LogP contribution in [0.5, 0.6) is 0 Å². The molecule has 0 unspecified atom stereocenters. The first-order valence-electron chi connectivity index (χ1n) is 6.89. The van der Waals surface area contributed by atoms with E-state index in [1.54, 1.807) is 4.90 Å². The maximum atomic E-state index is 12.4. The number of unbranched alkanes of at least 4 members (excludes halogenated alkanes) is 1. The molecule has 18 heavy (non-hydrogen) atoms. The van der Waals surface area contributed by atoms with E-state index in [1.807, 2.05) is 13.8 Å². The molecular weight excluding hydrogens is 228 g/mol. The Morgan fingerprint density at radius 3 is 2.61 bits per heavy atom. The van der Waals surface area contributed by atoms with Crippen LogP contribution in [-0.2, 0) is 4.79 Å². The average Bonchev–Trinajstić information content (AvgIpc) is 2.57. The molecule has 1 aliphatic carbocycles. The molecule has 4 nitrogen and oxygen atoms in total. The summed E-state index contributed by atoms with van der Waals surface area (Å²) in [7, 11) is 0. The molecule has 0 bridgehead atoms. The largest absolute Gasteiger partial charge is 0.428 e. The summed E-state index contributed by atoms with van der Waals surface area (Å²) in [5.41, 5.74) is 0.868. The van der Waals surface area contributed by atoms with E-state index in [1.165, 1.54) is 6.42 Å². The maximum absolute atomic E-state index is 12.4. The van der Waals surface area contributed by atoms with E-state index in [0.717, 1.165) is 37.1 Å². The SMILES string of the molecule is CCCCN(C(=O)C1CCC1)c1nc(C)c(C)o1. The lowest BCUT2D eigenvalue weighted by Gasteiger charge is -2.29. The van der Waals surface area contributed by atoms with Gasteiger partial charge in [0.2, 0.25) is 5.91 Å². The molecule has 0 saturated heterocycles. The van der Waals surface area contributed by atoms with Crippen molar-refractivity contribution in [2.24, 2.45) is 5.92 Å². The van der Waals surface area contributed by atoms with Gasteiger partial charge in [-0.15, -0.1) is 0 Å². The van der Waals surface area contributed by atoms with Gasteiger partial charge in [0.15, 0.2) is 0 Å². The number of oxazole rings is 1. The van der Waals surface area contributed by atoms with Crippen molar-refractivity contribution in [2.45, 2.75) is 52.9 Å². The van der Waals surface area contributed by atoms with Gasteiger partial charge in [-0.25, -0.2) is 0 Å².